The summed E-state index contributed by atoms with van der Waals surface area (Å²) in [4.78, 5) is 27.3. The van der Waals surface area contributed by atoms with Crippen molar-refractivity contribution in [2.45, 2.75) is 31.8 Å². The summed E-state index contributed by atoms with van der Waals surface area (Å²) in [6.07, 6.45) is 2.57. The lowest BCUT2D eigenvalue weighted by Gasteiger charge is -2.38. The molecule has 5 rings (SSSR count). The largest absolute Gasteiger partial charge is 0.484 e. The number of rotatable bonds is 7. The maximum atomic E-state index is 14.1. The zero-order chi connectivity index (χ0) is 23.5. The minimum atomic E-state index is -0.372. The Morgan fingerprint density at radius 3 is 2.59 bits per heavy atom. The van der Waals surface area contributed by atoms with Crippen LogP contribution in [-0.4, -0.2) is 29.9 Å². The number of benzene rings is 3. The smallest absolute Gasteiger partial charge is 0.258 e. The lowest BCUT2D eigenvalue weighted by molar-refractivity contribution is -0.134. The molecule has 0 aromatic heterocycles. The molecule has 0 unspecified atom stereocenters. The molecular weight excluding hydrogens is 431 g/mol. The minimum Gasteiger partial charge on any atom is -0.484 e. The second-order valence-electron chi connectivity index (χ2n) is 8.93. The average Bonchev–Trinajstić information content (AvgIpc) is 3.71. The number of nitrogens with zero attached hydrogens (tertiary/aromatic N) is 1. The van der Waals surface area contributed by atoms with Crippen molar-refractivity contribution in [2.75, 3.05) is 13.2 Å². The summed E-state index contributed by atoms with van der Waals surface area (Å²) in [5.74, 6) is 0.215. The predicted molar refractivity (Wildman–Crippen MR) is 127 cm³/mol. The molecule has 3 aromatic carbocycles. The highest BCUT2D eigenvalue weighted by Gasteiger charge is 2.39. The number of fused-ring (bicyclic) bond motifs is 1. The molecule has 174 valence electrons. The number of carbonyl (C=O) groups excluding carboxylic acids is 2. The van der Waals surface area contributed by atoms with E-state index in [1.807, 2.05) is 59.5 Å². The fourth-order valence-corrected chi connectivity index (χ4v) is 4.52. The van der Waals surface area contributed by atoms with Crippen LogP contribution in [0.5, 0.6) is 5.75 Å². The van der Waals surface area contributed by atoms with Crippen LogP contribution < -0.4 is 10.1 Å². The first-order valence-corrected chi connectivity index (χ1v) is 11.7. The molecule has 0 radical (unpaired) electrons. The van der Waals surface area contributed by atoms with Gasteiger partial charge in [-0.1, -0.05) is 48.5 Å². The van der Waals surface area contributed by atoms with Gasteiger partial charge in [0.05, 0.1) is 6.04 Å². The van der Waals surface area contributed by atoms with Crippen LogP contribution in [0.3, 0.4) is 0 Å². The number of ether oxygens (including phenoxy) is 1. The fourth-order valence-electron chi connectivity index (χ4n) is 4.52. The Morgan fingerprint density at radius 1 is 1.00 bits per heavy atom. The standard InChI is InChI=1S/C28H27FN2O3/c29-23-8-4-7-22(15-23)27-25-16-24(34-18-26(32)30-17-19-5-2-1-3-6-19)12-11-20(25)13-14-31(27)28(33)21-9-10-21/h1-8,11-12,15-16,21,27H,9-10,13-14,17-18H2,(H,30,32)/t27-/m0/s1. The Kier molecular flexibility index (Phi) is 6.30. The van der Waals surface area contributed by atoms with Gasteiger partial charge < -0.3 is 15.0 Å². The van der Waals surface area contributed by atoms with Crippen LogP contribution >= 0.6 is 0 Å². The van der Waals surface area contributed by atoms with Crippen LogP contribution in [0, 0.1) is 11.7 Å². The van der Waals surface area contributed by atoms with Crippen molar-refractivity contribution in [1.29, 1.82) is 0 Å². The molecule has 0 spiro atoms. The molecule has 2 amide bonds. The second-order valence-corrected chi connectivity index (χ2v) is 8.93. The minimum absolute atomic E-state index is 0.0744. The van der Waals surface area contributed by atoms with Gasteiger partial charge in [-0.15, -0.1) is 0 Å². The predicted octanol–water partition coefficient (Wildman–Crippen LogP) is 4.41. The van der Waals surface area contributed by atoms with E-state index in [0.717, 1.165) is 41.5 Å². The maximum absolute atomic E-state index is 14.1. The number of hydrogen-bond acceptors (Lipinski definition) is 3. The number of nitrogens with one attached hydrogen (secondary N) is 1. The lowest BCUT2D eigenvalue weighted by Crippen LogP contribution is -2.41. The molecule has 2 aliphatic rings. The van der Waals surface area contributed by atoms with Gasteiger partial charge in [-0.2, -0.15) is 0 Å². The molecule has 6 heteroatoms. The summed E-state index contributed by atoms with van der Waals surface area (Å²) >= 11 is 0. The van der Waals surface area contributed by atoms with E-state index in [1.165, 1.54) is 12.1 Å². The van der Waals surface area contributed by atoms with Gasteiger partial charge in [0.2, 0.25) is 5.91 Å². The van der Waals surface area contributed by atoms with Crippen molar-refractivity contribution >= 4 is 11.8 Å². The van der Waals surface area contributed by atoms with E-state index < -0.39 is 0 Å². The third kappa shape index (κ3) is 4.96. The van der Waals surface area contributed by atoms with Crippen LogP contribution in [0.25, 0.3) is 0 Å². The van der Waals surface area contributed by atoms with E-state index in [0.29, 0.717) is 18.8 Å². The molecule has 1 atom stereocenters. The van der Waals surface area contributed by atoms with Gasteiger partial charge in [-0.05, 0) is 65.8 Å². The highest BCUT2D eigenvalue weighted by Crippen LogP contribution is 2.41. The summed E-state index contributed by atoms with van der Waals surface area (Å²) in [7, 11) is 0. The summed E-state index contributed by atoms with van der Waals surface area (Å²) < 4.78 is 19.9. The molecule has 1 fully saturated rings. The molecule has 0 bridgehead atoms. The number of hydrogen-bond donors (Lipinski definition) is 1. The van der Waals surface area contributed by atoms with Crippen LogP contribution in [0.15, 0.2) is 72.8 Å². The molecule has 0 saturated heterocycles. The number of halogens is 1. The number of carbonyl (C=O) groups is 2. The molecule has 5 nitrogen and oxygen atoms in total. The quantitative estimate of drug-likeness (QED) is 0.571. The SMILES string of the molecule is O=C(COc1ccc2c(c1)[C@H](c1cccc(F)c1)N(C(=O)C1CC1)CC2)NCc1ccccc1. The fraction of sp³-hybridized carbons (Fsp3) is 0.286. The normalized spacial score (nSPS) is 17.1. The van der Waals surface area contributed by atoms with Gasteiger partial charge in [-0.25, -0.2) is 4.39 Å². The molecule has 1 N–H and O–H groups in total. The first-order chi connectivity index (χ1) is 16.6. The molecule has 1 saturated carbocycles. The second kappa shape index (κ2) is 9.67. The Hall–Kier alpha value is -3.67. The van der Waals surface area contributed by atoms with Crippen LogP contribution in [0.1, 0.15) is 41.1 Å². The van der Waals surface area contributed by atoms with Crippen molar-refractivity contribution in [2.24, 2.45) is 5.92 Å². The average molecular weight is 459 g/mol. The summed E-state index contributed by atoms with van der Waals surface area (Å²) in [6, 6.07) is 21.5. The third-order valence-corrected chi connectivity index (χ3v) is 6.42. The van der Waals surface area contributed by atoms with Gasteiger partial charge >= 0.3 is 0 Å². The zero-order valence-corrected chi connectivity index (χ0v) is 18.9. The van der Waals surface area contributed by atoms with Gasteiger partial charge in [0.1, 0.15) is 11.6 Å². The Bertz CT molecular complexity index is 1190. The van der Waals surface area contributed by atoms with Crippen molar-refractivity contribution in [3.8, 4) is 5.75 Å². The molecule has 1 aliphatic carbocycles. The Morgan fingerprint density at radius 2 is 1.82 bits per heavy atom. The summed E-state index contributed by atoms with van der Waals surface area (Å²) in [5.41, 5.74) is 3.79. The van der Waals surface area contributed by atoms with E-state index in [-0.39, 0.29) is 36.2 Å². The van der Waals surface area contributed by atoms with Gasteiger partial charge in [0.15, 0.2) is 6.61 Å². The van der Waals surface area contributed by atoms with Crippen LogP contribution in [0.2, 0.25) is 0 Å². The molecule has 34 heavy (non-hydrogen) atoms. The van der Waals surface area contributed by atoms with Gasteiger partial charge in [0, 0.05) is 19.0 Å². The first-order valence-electron chi connectivity index (χ1n) is 11.7. The zero-order valence-electron chi connectivity index (χ0n) is 18.9. The Labute approximate surface area is 198 Å². The molecule has 1 heterocycles. The molecular formula is C28H27FN2O3. The van der Waals surface area contributed by atoms with Crippen molar-refractivity contribution < 1.29 is 18.7 Å². The van der Waals surface area contributed by atoms with E-state index in [9.17, 15) is 14.0 Å². The molecule has 1 aliphatic heterocycles. The van der Waals surface area contributed by atoms with E-state index in [2.05, 4.69) is 5.32 Å². The van der Waals surface area contributed by atoms with Crippen molar-refractivity contribution in [3.05, 3.63) is 101 Å². The highest BCUT2D eigenvalue weighted by molar-refractivity contribution is 5.82. The number of amides is 2. The van der Waals surface area contributed by atoms with E-state index in [1.54, 1.807) is 6.07 Å². The third-order valence-electron chi connectivity index (χ3n) is 6.42. The Balaban J connectivity index is 1.34. The van der Waals surface area contributed by atoms with E-state index >= 15 is 0 Å². The van der Waals surface area contributed by atoms with Crippen molar-refractivity contribution in [1.82, 2.24) is 10.2 Å². The monoisotopic (exact) mass is 458 g/mol. The first kappa shape index (κ1) is 22.1. The summed E-state index contributed by atoms with van der Waals surface area (Å²) in [5, 5.41) is 2.86. The summed E-state index contributed by atoms with van der Waals surface area (Å²) in [6.45, 7) is 0.930. The topological polar surface area (TPSA) is 58.6 Å². The van der Waals surface area contributed by atoms with E-state index in [4.69, 9.17) is 4.74 Å². The maximum Gasteiger partial charge on any atom is 0.258 e. The lowest BCUT2D eigenvalue weighted by atomic mass is 9.87. The van der Waals surface area contributed by atoms with Crippen LogP contribution in [0.4, 0.5) is 4.39 Å². The van der Waals surface area contributed by atoms with Crippen molar-refractivity contribution in [3.63, 3.8) is 0 Å². The van der Waals surface area contributed by atoms with Gasteiger partial charge in [-0.3, -0.25) is 9.59 Å². The van der Waals surface area contributed by atoms with Gasteiger partial charge in [0.25, 0.3) is 5.91 Å². The highest BCUT2D eigenvalue weighted by atomic mass is 19.1. The molecule has 3 aromatic rings. The van der Waals surface area contributed by atoms with Crippen LogP contribution in [-0.2, 0) is 22.6 Å².